The van der Waals surface area contributed by atoms with Crippen molar-refractivity contribution in [3.05, 3.63) is 181 Å². The maximum absolute atomic E-state index is 4.33. The molecule has 0 atom stereocenters. The van der Waals surface area contributed by atoms with Gasteiger partial charge in [0.2, 0.25) is 0 Å². The number of aromatic nitrogens is 1. The molecule has 1 nitrogen and oxygen atoms in total. The van der Waals surface area contributed by atoms with Gasteiger partial charge in [-0.15, -0.1) is 0 Å². The number of rotatable bonds is 8. The third kappa shape index (κ3) is 6.16. The highest BCUT2D eigenvalue weighted by molar-refractivity contribution is 6.22. The molecule has 0 spiro atoms. The van der Waals surface area contributed by atoms with Crippen LogP contribution in [0, 0.1) is 0 Å². The van der Waals surface area contributed by atoms with E-state index in [1.807, 2.05) is 18.5 Å². The van der Waals surface area contributed by atoms with Gasteiger partial charge < -0.3 is 0 Å². The van der Waals surface area contributed by atoms with Gasteiger partial charge in [0, 0.05) is 12.4 Å². The zero-order valence-corrected chi connectivity index (χ0v) is 27.8. The molecule has 48 heavy (non-hydrogen) atoms. The fraction of sp³-hybridized carbons (Fsp3) is 0.0851. The Bertz CT molecular complexity index is 2290. The average Bonchev–Trinajstić information content (AvgIpc) is 3.16. The molecular formula is C47H39N. The van der Waals surface area contributed by atoms with E-state index in [9.17, 15) is 0 Å². The molecule has 0 unspecified atom stereocenters. The predicted molar refractivity (Wildman–Crippen MR) is 208 cm³/mol. The minimum Gasteiger partial charge on any atom is -0.264 e. The molecule has 1 heteroatoms. The highest BCUT2D eigenvalue weighted by Crippen LogP contribution is 2.45. The summed E-state index contributed by atoms with van der Waals surface area (Å²) in [5.74, 6) is 0. The minimum atomic E-state index is 1.06. The summed E-state index contributed by atoms with van der Waals surface area (Å²) in [6, 6.07) is 48.7. The normalized spacial score (nSPS) is 12.3. The van der Waals surface area contributed by atoms with E-state index in [1.165, 1.54) is 71.6 Å². The van der Waals surface area contributed by atoms with E-state index in [1.54, 1.807) is 0 Å². The van der Waals surface area contributed by atoms with Gasteiger partial charge in [0.25, 0.3) is 0 Å². The lowest BCUT2D eigenvalue weighted by atomic mass is 9.84. The van der Waals surface area contributed by atoms with E-state index in [4.69, 9.17) is 0 Å². The van der Waals surface area contributed by atoms with Gasteiger partial charge in [-0.2, -0.15) is 0 Å². The van der Waals surface area contributed by atoms with Crippen LogP contribution in [0.2, 0.25) is 0 Å². The van der Waals surface area contributed by atoms with Crippen molar-refractivity contribution in [3.63, 3.8) is 0 Å². The van der Waals surface area contributed by atoms with Gasteiger partial charge in [-0.1, -0.05) is 158 Å². The molecule has 0 saturated carbocycles. The van der Waals surface area contributed by atoms with Gasteiger partial charge in [0.1, 0.15) is 0 Å². The fourth-order valence-corrected chi connectivity index (χ4v) is 6.60. The second-order valence-corrected chi connectivity index (χ2v) is 12.3. The third-order valence-electron chi connectivity index (χ3n) is 9.33. The second-order valence-electron chi connectivity index (χ2n) is 12.3. The van der Waals surface area contributed by atoms with Crippen molar-refractivity contribution in [2.24, 2.45) is 0 Å². The van der Waals surface area contributed by atoms with Crippen LogP contribution in [-0.2, 0) is 0 Å². The quantitative estimate of drug-likeness (QED) is 0.122. The third-order valence-corrected chi connectivity index (χ3v) is 9.33. The molecule has 0 radical (unpaired) electrons. The summed E-state index contributed by atoms with van der Waals surface area (Å²) in [7, 11) is 0. The van der Waals surface area contributed by atoms with Crippen LogP contribution < -0.4 is 0 Å². The maximum atomic E-state index is 4.33. The highest BCUT2D eigenvalue weighted by atomic mass is 14.6. The van der Waals surface area contributed by atoms with E-state index < -0.39 is 0 Å². The first-order valence-corrected chi connectivity index (χ1v) is 16.8. The van der Waals surface area contributed by atoms with Crippen molar-refractivity contribution in [2.75, 3.05) is 0 Å². The molecule has 7 rings (SSSR count). The molecule has 0 N–H and O–H groups in total. The zero-order valence-electron chi connectivity index (χ0n) is 27.8. The Morgan fingerprint density at radius 1 is 0.562 bits per heavy atom. The van der Waals surface area contributed by atoms with Gasteiger partial charge in [0.05, 0.1) is 0 Å². The Hall–Kier alpha value is -5.79. The molecule has 0 saturated heterocycles. The smallest absolute Gasteiger partial charge is 0.0346 e. The summed E-state index contributed by atoms with van der Waals surface area (Å²) < 4.78 is 0. The Morgan fingerprint density at radius 2 is 1.12 bits per heavy atom. The van der Waals surface area contributed by atoms with Crippen molar-refractivity contribution >= 4 is 27.1 Å². The Labute approximate surface area is 284 Å². The average molecular weight is 618 g/mol. The first-order chi connectivity index (χ1) is 23.6. The fourth-order valence-electron chi connectivity index (χ4n) is 6.60. The number of allylic oxidation sites excluding steroid dienone is 6. The Morgan fingerprint density at radius 3 is 1.77 bits per heavy atom. The molecule has 1 heterocycles. The monoisotopic (exact) mass is 617 g/mol. The van der Waals surface area contributed by atoms with E-state index in [0.29, 0.717) is 0 Å². The lowest BCUT2D eigenvalue weighted by Crippen LogP contribution is -1.92. The van der Waals surface area contributed by atoms with Crippen LogP contribution in [0.25, 0.3) is 71.6 Å². The van der Waals surface area contributed by atoms with Gasteiger partial charge in [0.15, 0.2) is 0 Å². The SMILES string of the molecule is C\C=C(/C=C\C=C(\C)CC)c1ccc(-c2c3ccccc3c(-c3ccc(-c4cccnc4)cc3)c3ccc(-c4ccccc4)cc23)cc1. The number of benzene rings is 6. The lowest BCUT2D eigenvalue weighted by molar-refractivity contribution is 1.10. The van der Waals surface area contributed by atoms with Crippen molar-refractivity contribution in [3.8, 4) is 44.5 Å². The molecule has 0 aliphatic heterocycles. The van der Waals surface area contributed by atoms with E-state index in [2.05, 4.69) is 177 Å². The van der Waals surface area contributed by atoms with Crippen LogP contribution in [-0.4, -0.2) is 4.98 Å². The largest absolute Gasteiger partial charge is 0.264 e. The number of pyridine rings is 1. The topological polar surface area (TPSA) is 12.9 Å². The van der Waals surface area contributed by atoms with E-state index in [-0.39, 0.29) is 0 Å². The summed E-state index contributed by atoms with van der Waals surface area (Å²) in [4.78, 5) is 4.33. The highest BCUT2D eigenvalue weighted by Gasteiger charge is 2.18. The number of nitrogens with zero attached hydrogens (tertiary/aromatic N) is 1. The predicted octanol–water partition coefficient (Wildman–Crippen LogP) is 13.4. The summed E-state index contributed by atoms with van der Waals surface area (Å²) in [6.07, 6.45) is 13.6. The summed E-state index contributed by atoms with van der Waals surface area (Å²) >= 11 is 0. The van der Waals surface area contributed by atoms with Crippen LogP contribution >= 0.6 is 0 Å². The van der Waals surface area contributed by atoms with Crippen molar-refractivity contribution in [1.29, 1.82) is 0 Å². The zero-order chi connectivity index (χ0) is 32.9. The van der Waals surface area contributed by atoms with Crippen LogP contribution in [0.1, 0.15) is 32.8 Å². The molecule has 7 aromatic rings. The molecule has 0 aliphatic rings. The maximum Gasteiger partial charge on any atom is 0.0346 e. The van der Waals surface area contributed by atoms with Crippen molar-refractivity contribution < 1.29 is 0 Å². The molecule has 0 fully saturated rings. The molecular weight excluding hydrogens is 579 g/mol. The minimum absolute atomic E-state index is 1.06. The second kappa shape index (κ2) is 13.9. The number of hydrogen-bond acceptors (Lipinski definition) is 1. The molecule has 232 valence electrons. The summed E-state index contributed by atoms with van der Waals surface area (Å²) in [6.45, 7) is 6.48. The van der Waals surface area contributed by atoms with Crippen LogP contribution in [0.4, 0.5) is 0 Å². The molecule has 6 aromatic carbocycles. The first kappa shape index (κ1) is 30.8. The standard InChI is InChI=1S/C47H39N/c1-4-33(3)13-11-16-34(5-2)36-20-24-39(25-21-36)47-43-19-10-9-18-42(43)46(38-26-22-37(23-27-38)41-17-12-30-48-32-41)44-29-28-40(31-45(44)47)35-14-7-6-8-15-35/h5-32H,4H2,1-3H3/b16-11-,33-13-,34-5+. The van der Waals surface area contributed by atoms with Gasteiger partial charge >= 0.3 is 0 Å². The summed E-state index contributed by atoms with van der Waals surface area (Å²) in [5.41, 5.74) is 13.5. The lowest BCUT2D eigenvalue weighted by Gasteiger charge is -2.19. The molecule has 0 amide bonds. The van der Waals surface area contributed by atoms with Gasteiger partial charge in [-0.25, -0.2) is 0 Å². The van der Waals surface area contributed by atoms with Gasteiger partial charge in [-0.3, -0.25) is 4.98 Å². The first-order valence-electron chi connectivity index (χ1n) is 16.8. The Kier molecular flexibility index (Phi) is 8.94. The van der Waals surface area contributed by atoms with Crippen molar-refractivity contribution in [2.45, 2.75) is 27.2 Å². The molecule has 0 bridgehead atoms. The number of hydrogen-bond donors (Lipinski definition) is 0. The molecule has 1 aromatic heterocycles. The van der Waals surface area contributed by atoms with Crippen LogP contribution in [0.3, 0.4) is 0 Å². The van der Waals surface area contributed by atoms with Crippen LogP contribution in [0.15, 0.2) is 176 Å². The van der Waals surface area contributed by atoms with Crippen molar-refractivity contribution in [1.82, 2.24) is 4.98 Å². The Balaban J connectivity index is 1.42. The number of fused-ring (bicyclic) bond motifs is 2. The van der Waals surface area contributed by atoms with E-state index >= 15 is 0 Å². The molecule has 0 aliphatic carbocycles. The van der Waals surface area contributed by atoms with E-state index in [0.717, 1.165) is 17.5 Å². The van der Waals surface area contributed by atoms with Gasteiger partial charge in [-0.05, 0) is 110 Å². The van der Waals surface area contributed by atoms with Crippen LogP contribution in [0.5, 0.6) is 0 Å². The summed E-state index contributed by atoms with van der Waals surface area (Å²) in [5, 5.41) is 5.00.